The van der Waals surface area contributed by atoms with Crippen LogP contribution in [0.15, 0.2) is 0 Å². The van der Waals surface area contributed by atoms with E-state index in [4.69, 9.17) is 0 Å². The zero-order chi connectivity index (χ0) is 13.0. The van der Waals surface area contributed by atoms with E-state index in [0.29, 0.717) is 5.92 Å². The molecule has 0 bridgehead atoms. The molecule has 0 amide bonds. The summed E-state index contributed by atoms with van der Waals surface area (Å²) in [6, 6.07) is 2.60. The monoisotopic (exact) mass is 250 g/mol. The van der Waals surface area contributed by atoms with Crippen LogP contribution in [-0.2, 0) is 0 Å². The molecule has 2 rings (SSSR count). The van der Waals surface area contributed by atoms with Gasteiger partial charge in [-0.05, 0) is 38.8 Å². The molecule has 102 valence electrons. The van der Waals surface area contributed by atoms with Gasteiger partial charge in [0.25, 0.3) is 0 Å². The largest absolute Gasteiger partial charge is 0.304 e. The molecule has 4 nitrogen and oxygen atoms in total. The van der Waals surface area contributed by atoms with Crippen molar-refractivity contribution in [3.8, 4) is 6.07 Å². The van der Waals surface area contributed by atoms with Crippen molar-refractivity contribution in [1.82, 2.24) is 15.1 Å². The molecule has 1 atom stereocenters. The first kappa shape index (κ1) is 13.8. The van der Waals surface area contributed by atoms with E-state index in [-0.39, 0.29) is 5.54 Å². The SMILES string of the molecule is CCCNC(C#N)(CN1CCN(C)CC1)C1CC1. The Morgan fingerprint density at radius 3 is 2.44 bits per heavy atom. The van der Waals surface area contributed by atoms with Gasteiger partial charge < -0.3 is 4.90 Å². The summed E-state index contributed by atoms with van der Waals surface area (Å²) >= 11 is 0. The van der Waals surface area contributed by atoms with Crippen LogP contribution >= 0.6 is 0 Å². The molecule has 1 heterocycles. The topological polar surface area (TPSA) is 42.3 Å². The van der Waals surface area contributed by atoms with Crippen LogP contribution in [0.1, 0.15) is 26.2 Å². The Balaban J connectivity index is 1.94. The summed E-state index contributed by atoms with van der Waals surface area (Å²) in [4.78, 5) is 4.82. The second-order valence-corrected chi connectivity index (χ2v) is 5.86. The number of likely N-dealkylation sites (N-methyl/N-ethyl adjacent to an activating group) is 1. The molecule has 0 aromatic heterocycles. The van der Waals surface area contributed by atoms with Crippen molar-refractivity contribution in [1.29, 1.82) is 5.26 Å². The normalized spacial score (nSPS) is 25.6. The van der Waals surface area contributed by atoms with Gasteiger partial charge in [0.05, 0.1) is 6.07 Å². The third-order valence-electron chi connectivity index (χ3n) is 4.23. The molecule has 1 unspecified atom stereocenters. The van der Waals surface area contributed by atoms with Crippen molar-refractivity contribution >= 4 is 0 Å². The first-order valence-corrected chi connectivity index (χ1v) is 7.27. The number of rotatable bonds is 6. The molecule has 1 aliphatic heterocycles. The lowest BCUT2D eigenvalue weighted by Gasteiger charge is -2.38. The molecule has 1 saturated heterocycles. The van der Waals surface area contributed by atoms with E-state index in [2.05, 4.69) is 35.2 Å². The van der Waals surface area contributed by atoms with E-state index in [1.165, 1.54) is 12.8 Å². The third kappa shape index (κ3) is 3.23. The first-order chi connectivity index (χ1) is 8.70. The molecule has 1 N–H and O–H groups in total. The van der Waals surface area contributed by atoms with E-state index in [9.17, 15) is 5.26 Å². The van der Waals surface area contributed by atoms with Crippen molar-refractivity contribution in [3.63, 3.8) is 0 Å². The molecule has 0 radical (unpaired) electrons. The Morgan fingerprint density at radius 2 is 1.94 bits per heavy atom. The van der Waals surface area contributed by atoms with Crippen LogP contribution in [0.4, 0.5) is 0 Å². The van der Waals surface area contributed by atoms with Crippen molar-refractivity contribution < 1.29 is 0 Å². The highest BCUT2D eigenvalue weighted by molar-refractivity contribution is 5.16. The van der Waals surface area contributed by atoms with Gasteiger partial charge in [-0.2, -0.15) is 5.26 Å². The Labute approximate surface area is 111 Å². The number of nitrogens with one attached hydrogen (secondary N) is 1. The van der Waals surface area contributed by atoms with Gasteiger partial charge in [-0.25, -0.2) is 0 Å². The number of nitrogens with zero attached hydrogens (tertiary/aromatic N) is 3. The summed E-state index contributed by atoms with van der Waals surface area (Å²) in [5, 5.41) is 13.2. The molecule has 2 aliphatic rings. The average molecular weight is 250 g/mol. The minimum absolute atomic E-state index is 0.286. The van der Waals surface area contributed by atoms with Gasteiger partial charge >= 0.3 is 0 Å². The van der Waals surface area contributed by atoms with Crippen LogP contribution < -0.4 is 5.32 Å². The summed E-state index contributed by atoms with van der Waals surface area (Å²) in [7, 11) is 2.17. The van der Waals surface area contributed by atoms with Crippen LogP contribution in [0, 0.1) is 17.2 Å². The second kappa shape index (κ2) is 6.01. The standard InChI is InChI=1S/C14H26N4/c1-3-6-16-14(11-15,13-4-5-13)12-18-9-7-17(2)8-10-18/h13,16H,3-10,12H2,1-2H3. The fourth-order valence-corrected chi connectivity index (χ4v) is 2.78. The zero-order valence-electron chi connectivity index (χ0n) is 11.8. The molecule has 0 aromatic carbocycles. The molecule has 0 aromatic rings. The maximum Gasteiger partial charge on any atom is 0.122 e. The summed E-state index contributed by atoms with van der Waals surface area (Å²) in [6.45, 7) is 8.47. The van der Waals surface area contributed by atoms with Crippen LogP contribution in [0.5, 0.6) is 0 Å². The van der Waals surface area contributed by atoms with Crippen LogP contribution in [0.25, 0.3) is 0 Å². The summed E-state index contributed by atoms with van der Waals surface area (Å²) in [5.74, 6) is 0.578. The van der Waals surface area contributed by atoms with E-state index in [1.54, 1.807) is 0 Å². The lowest BCUT2D eigenvalue weighted by molar-refractivity contribution is 0.122. The molecule has 18 heavy (non-hydrogen) atoms. The van der Waals surface area contributed by atoms with Crippen LogP contribution in [0.3, 0.4) is 0 Å². The Kier molecular flexibility index (Phi) is 4.60. The first-order valence-electron chi connectivity index (χ1n) is 7.27. The van der Waals surface area contributed by atoms with Crippen molar-refractivity contribution in [2.45, 2.75) is 31.7 Å². The number of hydrogen-bond acceptors (Lipinski definition) is 4. The third-order valence-corrected chi connectivity index (χ3v) is 4.23. The minimum atomic E-state index is -0.286. The lowest BCUT2D eigenvalue weighted by atomic mass is 9.93. The lowest BCUT2D eigenvalue weighted by Crippen LogP contribution is -2.57. The van der Waals surface area contributed by atoms with Crippen molar-refractivity contribution in [2.75, 3.05) is 46.3 Å². The molecular formula is C14H26N4. The summed E-state index contributed by atoms with van der Waals surface area (Å²) < 4.78 is 0. The van der Waals surface area contributed by atoms with Gasteiger partial charge in [-0.3, -0.25) is 10.2 Å². The Hall–Kier alpha value is -0.630. The summed E-state index contributed by atoms with van der Waals surface area (Å²) in [6.07, 6.45) is 3.54. The van der Waals surface area contributed by atoms with Crippen molar-refractivity contribution in [2.24, 2.45) is 5.92 Å². The van der Waals surface area contributed by atoms with Crippen LogP contribution in [-0.4, -0.2) is 61.7 Å². The maximum absolute atomic E-state index is 9.65. The second-order valence-electron chi connectivity index (χ2n) is 5.86. The summed E-state index contributed by atoms with van der Waals surface area (Å²) in [5.41, 5.74) is -0.286. The number of nitriles is 1. The van der Waals surface area contributed by atoms with Gasteiger partial charge in [-0.1, -0.05) is 6.92 Å². The van der Waals surface area contributed by atoms with Crippen molar-refractivity contribution in [3.05, 3.63) is 0 Å². The quantitative estimate of drug-likeness (QED) is 0.761. The van der Waals surface area contributed by atoms with Gasteiger partial charge in [0, 0.05) is 32.7 Å². The van der Waals surface area contributed by atoms with E-state index < -0.39 is 0 Å². The molecule has 1 saturated carbocycles. The van der Waals surface area contributed by atoms with E-state index in [0.717, 1.165) is 45.7 Å². The zero-order valence-corrected chi connectivity index (χ0v) is 11.8. The highest BCUT2D eigenvalue weighted by Gasteiger charge is 2.46. The van der Waals surface area contributed by atoms with E-state index in [1.807, 2.05) is 0 Å². The average Bonchev–Trinajstić information content (AvgIpc) is 3.22. The van der Waals surface area contributed by atoms with E-state index >= 15 is 0 Å². The highest BCUT2D eigenvalue weighted by atomic mass is 15.3. The molecule has 2 fully saturated rings. The highest BCUT2D eigenvalue weighted by Crippen LogP contribution is 2.40. The predicted molar refractivity (Wildman–Crippen MR) is 73.3 cm³/mol. The Bertz CT molecular complexity index is 299. The molecule has 1 aliphatic carbocycles. The Morgan fingerprint density at radius 1 is 1.28 bits per heavy atom. The maximum atomic E-state index is 9.65. The van der Waals surface area contributed by atoms with Gasteiger partial charge in [0.1, 0.15) is 5.54 Å². The van der Waals surface area contributed by atoms with Gasteiger partial charge in [0.15, 0.2) is 0 Å². The van der Waals surface area contributed by atoms with Gasteiger partial charge in [-0.15, -0.1) is 0 Å². The molecule has 0 spiro atoms. The predicted octanol–water partition coefficient (Wildman–Crippen LogP) is 0.906. The molecular weight excluding hydrogens is 224 g/mol. The minimum Gasteiger partial charge on any atom is -0.304 e. The molecule has 4 heteroatoms. The fourth-order valence-electron chi connectivity index (χ4n) is 2.78. The fraction of sp³-hybridized carbons (Fsp3) is 0.929. The van der Waals surface area contributed by atoms with Gasteiger partial charge in [0.2, 0.25) is 0 Å². The number of hydrogen-bond donors (Lipinski definition) is 1. The number of piperazine rings is 1. The smallest absolute Gasteiger partial charge is 0.122 e. The van der Waals surface area contributed by atoms with Crippen LogP contribution in [0.2, 0.25) is 0 Å².